The molecule has 2 heterocycles. The number of hydrogen-bond donors (Lipinski definition) is 1. The van der Waals surface area contributed by atoms with Crippen LogP contribution < -0.4 is 10.4 Å². The SMILES string of the molecule is CN(C)CCn1nc2n(c1=O)CCC(NS(=O)(=O)c1ccc(C(C)(C)C)cc1)CC2. The highest BCUT2D eigenvalue weighted by Crippen LogP contribution is 2.24. The fourth-order valence-corrected chi connectivity index (χ4v) is 4.91. The van der Waals surface area contributed by atoms with E-state index in [1.165, 1.54) is 4.68 Å². The number of likely N-dealkylation sites (N-methyl/N-ethyl adjacent to an activating group) is 1. The normalized spacial score (nSPS) is 17.7. The van der Waals surface area contributed by atoms with E-state index in [2.05, 4.69) is 30.6 Å². The van der Waals surface area contributed by atoms with Crippen molar-refractivity contribution in [2.75, 3.05) is 20.6 Å². The summed E-state index contributed by atoms with van der Waals surface area (Å²) in [5.74, 6) is 0.731. The largest absolute Gasteiger partial charge is 0.345 e. The van der Waals surface area contributed by atoms with Gasteiger partial charge in [0.15, 0.2) is 0 Å². The Hall–Kier alpha value is -1.97. The summed E-state index contributed by atoms with van der Waals surface area (Å²) >= 11 is 0. The van der Waals surface area contributed by atoms with Crippen LogP contribution in [0.4, 0.5) is 0 Å². The average molecular weight is 436 g/mol. The molecule has 8 nitrogen and oxygen atoms in total. The lowest BCUT2D eigenvalue weighted by atomic mass is 9.87. The van der Waals surface area contributed by atoms with E-state index in [0.717, 1.165) is 17.9 Å². The number of aromatic nitrogens is 3. The average Bonchev–Trinajstić information content (AvgIpc) is 2.82. The van der Waals surface area contributed by atoms with Gasteiger partial charge in [0.05, 0.1) is 11.4 Å². The molecule has 1 aromatic carbocycles. The molecule has 1 aliphatic heterocycles. The Morgan fingerprint density at radius 2 is 1.83 bits per heavy atom. The summed E-state index contributed by atoms with van der Waals surface area (Å²) in [6.45, 7) is 8.04. The summed E-state index contributed by atoms with van der Waals surface area (Å²) in [5, 5.41) is 4.47. The second-order valence-electron chi connectivity index (χ2n) is 9.30. The van der Waals surface area contributed by atoms with Crippen LogP contribution in [-0.2, 0) is 34.9 Å². The summed E-state index contributed by atoms with van der Waals surface area (Å²) in [6.07, 6.45) is 1.75. The fraction of sp³-hybridized carbons (Fsp3) is 0.619. The van der Waals surface area contributed by atoms with E-state index in [9.17, 15) is 13.2 Å². The standard InChI is InChI=1S/C21H33N5O3S/c1-21(2,3)16-6-9-18(10-7-16)30(28,29)23-17-8-11-19-22-26(15-14-24(4)5)20(27)25(19)13-12-17/h6-7,9-10,17,23H,8,11-15H2,1-5H3. The maximum atomic E-state index is 12.9. The van der Waals surface area contributed by atoms with Gasteiger partial charge in [0.2, 0.25) is 10.0 Å². The van der Waals surface area contributed by atoms with Crippen LogP contribution in [0.3, 0.4) is 0 Å². The van der Waals surface area contributed by atoms with Crippen LogP contribution in [0.2, 0.25) is 0 Å². The summed E-state index contributed by atoms with van der Waals surface area (Å²) in [7, 11) is 0.302. The van der Waals surface area contributed by atoms with Gasteiger partial charge in [-0.05, 0) is 50.0 Å². The number of sulfonamides is 1. The molecule has 0 saturated heterocycles. The Morgan fingerprint density at radius 1 is 1.17 bits per heavy atom. The molecular weight excluding hydrogens is 402 g/mol. The van der Waals surface area contributed by atoms with Gasteiger partial charge in [0, 0.05) is 25.6 Å². The lowest BCUT2D eigenvalue weighted by Gasteiger charge is -2.20. The Kier molecular flexibility index (Phi) is 6.54. The molecule has 0 amide bonds. The van der Waals surface area contributed by atoms with Gasteiger partial charge >= 0.3 is 5.69 Å². The van der Waals surface area contributed by atoms with Crippen molar-refractivity contribution in [3.63, 3.8) is 0 Å². The van der Waals surface area contributed by atoms with Gasteiger partial charge in [-0.1, -0.05) is 32.9 Å². The minimum Gasteiger partial charge on any atom is -0.308 e. The molecule has 1 aliphatic rings. The van der Waals surface area contributed by atoms with Crippen molar-refractivity contribution >= 4 is 10.0 Å². The van der Waals surface area contributed by atoms with E-state index in [1.54, 1.807) is 16.7 Å². The van der Waals surface area contributed by atoms with E-state index >= 15 is 0 Å². The number of fused-ring (bicyclic) bond motifs is 1. The summed E-state index contributed by atoms with van der Waals surface area (Å²) in [5.41, 5.74) is 0.941. The van der Waals surface area contributed by atoms with Crippen LogP contribution in [0.1, 0.15) is 45.0 Å². The lowest BCUT2D eigenvalue weighted by Crippen LogP contribution is -2.36. The molecule has 1 aromatic heterocycles. The topological polar surface area (TPSA) is 89.2 Å². The molecule has 2 aromatic rings. The number of aryl methyl sites for hydroxylation is 1. The van der Waals surface area contributed by atoms with Crippen LogP contribution in [0, 0.1) is 0 Å². The fourth-order valence-electron chi connectivity index (χ4n) is 3.61. The van der Waals surface area contributed by atoms with Crippen LogP contribution in [0.5, 0.6) is 0 Å². The first kappa shape index (κ1) is 22.7. The molecule has 0 bridgehead atoms. The van der Waals surface area contributed by atoms with Crippen LogP contribution in [-0.4, -0.2) is 54.3 Å². The van der Waals surface area contributed by atoms with Crippen molar-refractivity contribution in [2.24, 2.45) is 0 Å². The third-order valence-corrected chi connectivity index (χ3v) is 7.06. The summed E-state index contributed by atoms with van der Waals surface area (Å²) < 4.78 is 31.7. The van der Waals surface area contributed by atoms with Crippen molar-refractivity contribution in [3.8, 4) is 0 Å². The van der Waals surface area contributed by atoms with E-state index in [4.69, 9.17) is 0 Å². The first-order valence-electron chi connectivity index (χ1n) is 10.4. The monoisotopic (exact) mass is 435 g/mol. The quantitative estimate of drug-likeness (QED) is 0.744. The summed E-state index contributed by atoms with van der Waals surface area (Å²) in [6, 6.07) is 6.83. The van der Waals surface area contributed by atoms with E-state index in [-0.39, 0.29) is 22.0 Å². The molecule has 0 aliphatic carbocycles. The molecule has 1 N–H and O–H groups in total. The first-order valence-corrected chi connectivity index (χ1v) is 11.9. The lowest BCUT2D eigenvalue weighted by molar-refractivity contribution is 0.367. The minimum absolute atomic E-state index is 0.0308. The predicted molar refractivity (Wildman–Crippen MR) is 117 cm³/mol. The van der Waals surface area contributed by atoms with Gasteiger partial charge < -0.3 is 4.90 Å². The van der Waals surface area contributed by atoms with E-state index < -0.39 is 10.0 Å². The van der Waals surface area contributed by atoms with Gasteiger partial charge in [0.1, 0.15) is 5.82 Å². The highest BCUT2D eigenvalue weighted by Gasteiger charge is 2.25. The van der Waals surface area contributed by atoms with Crippen molar-refractivity contribution in [3.05, 3.63) is 46.1 Å². The summed E-state index contributed by atoms with van der Waals surface area (Å²) in [4.78, 5) is 14.9. The second-order valence-corrected chi connectivity index (χ2v) is 11.0. The van der Waals surface area contributed by atoms with E-state index in [0.29, 0.717) is 32.4 Å². The third-order valence-electron chi connectivity index (χ3n) is 5.53. The highest BCUT2D eigenvalue weighted by molar-refractivity contribution is 7.89. The van der Waals surface area contributed by atoms with Gasteiger partial charge in [-0.2, -0.15) is 5.10 Å². The van der Waals surface area contributed by atoms with Crippen molar-refractivity contribution in [1.82, 2.24) is 24.0 Å². The van der Waals surface area contributed by atoms with Gasteiger partial charge in [-0.25, -0.2) is 22.6 Å². The van der Waals surface area contributed by atoms with E-state index in [1.807, 2.05) is 31.1 Å². The molecule has 0 saturated carbocycles. The molecule has 1 atom stereocenters. The molecule has 0 spiro atoms. The number of nitrogens with one attached hydrogen (secondary N) is 1. The number of rotatable bonds is 6. The minimum atomic E-state index is -3.61. The predicted octanol–water partition coefficient (Wildman–Crippen LogP) is 1.59. The third kappa shape index (κ3) is 5.19. The Balaban J connectivity index is 1.68. The second kappa shape index (κ2) is 8.64. The van der Waals surface area contributed by atoms with Crippen molar-refractivity contribution in [1.29, 1.82) is 0 Å². The Labute approximate surface area is 178 Å². The Morgan fingerprint density at radius 3 is 2.43 bits per heavy atom. The molecule has 0 radical (unpaired) electrons. The van der Waals surface area contributed by atoms with Crippen LogP contribution >= 0.6 is 0 Å². The molecule has 3 rings (SSSR count). The van der Waals surface area contributed by atoms with Crippen molar-refractivity contribution in [2.45, 2.75) is 69.5 Å². The zero-order chi connectivity index (χ0) is 22.1. The number of benzene rings is 1. The molecule has 9 heteroatoms. The van der Waals surface area contributed by atoms with Crippen LogP contribution in [0.25, 0.3) is 0 Å². The highest BCUT2D eigenvalue weighted by atomic mass is 32.2. The molecule has 166 valence electrons. The van der Waals surface area contributed by atoms with Gasteiger partial charge in [-0.3, -0.25) is 4.57 Å². The zero-order valence-corrected chi connectivity index (χ0v) is 19.4. The van der Waals surface area contributed by atoms with Gasteiger partial charge in [0.25, 0.3) is 0 Å². The number of nitrogens with zero attached hydrogens (tertiary/aromatic N) is 4. The van der Waals surface area contributed by atoms with Crippen LogP contribution in [0.15, 0.2) is 34.0 Å². The molecule has 30 heavy (non-hydrogen) atoms. The smallest absolute Gasteiger partial charge is 0.308 e. The van der Waals surface area contributed by atoms with Gasteiger partial charge in [-0.15, -0.1) is 0 Å². The maximum absolute atomic E-state index is 12.9. The molecular formula is C21H33N5O3S. The number of hydrogen-bond acceptors (Lipinski definition) is 5. The molecule has 1 unspecified atom stereocenters. The van der Waals surface area contributed by atoms with Crippen molar-refractivity contribution < 1.29 is 8.42 Å². The zero-order valence-electron chi connectivity index (χ0n) is 18.6. The first-order chi connectivity index (χ1) is 14.0. The molecule has 0 fully saturated rings. The Bertz CT molecular complexity index is 1030. The maximum Gasteiger partial charge on any atom is 0.345 e.